The number of hydrogen-bond donors (Lipinski definition) is 1. The molecule has 0 bridgehead atoms. The van der Waals surface area contributed by atoms with Gasteiger partial charge < -0.3 is 14.6 Å². The van der Waals surface area contributed by atoms with E-state index in [0.29, 0.717) is 18.5 Å². The van der Waals surface area contributed by atoms with Gasteiger partial charge in [-0.2, -0.15) is 10.1 Å². The summed E-state index contributed by atoms with van der Waals surface area (Å²) < 4.78 is 8.80. The van der Waals surface area contributed by atoms with E-state index in [1.54, 1.807) is 12.4 Å². The van der Waals surface area contributed by atoms with Crippen molar-refractivity contribution < 1.29 is 9.53 Å². The molecule has 0 fully saturated rings. The standard InChI is InChI=1S/C20H28N6O2/c1-4-9-28-18(27)14-26-13-17(11-22-26)23-20-21-10-16-7-8-25(19(16)24-20)12-15(5-2)6-3/h7-8,10-11,13,15H,4-6,9,12,14H2,1-3H3,(H,21,23,24). The van der Waals surface area contributed by atoms with Crippen LogP contribution in [-0.2, 0) is 22.6 Å². The first-order chi connectivity index (χ1) is 13.6. The summed E-state index contributed by atoms with van der Waals surface area (Å²) in [6.07, 6.45) is 10.4. The topological polar surface area (TPSA) is 86.9 Å². The molecule has 28 heavy (non-hydrogen) atoms. The van der Waals surface area contributed by atoms with Crippen molar-refractivity contribution in [3.8, 4) is 0 Å². The lowest BCUT2D eigenvalue weighted by atomic mass is 10.0. The van der Waals surface area contributed by atoms with Gasteiger partial charge >= 0.3 is 5.97 Å². The zero-order valence-electron chi connectivity index (χ0n) is 16.8. The maximum absolute atomic E-state index is 11.7. The summed E-state index contributed by atoms with van der Waals surface area (Å²) >= 11 is 0. The number of carbonyl (C=O) groups excluding carboxylic acids is 1. The summed E-state index contributed by atoms with van der Waals surface area (Å²) in [6, 6.07) is 2.04. The lowest BCUT2D eigenvalue weighted by Crippen LogP contribution is -2.14. The van der Waals surface area contributed by atoms with Gasteiger partial charge in [-0.05, 0) is 18.4 Å². The van der Waals surface area contributed by atoms with Crippen LogP contribution in [0.1, 0.15) is 40.0 Å². The van der Waals surface area contributed by atoms with Gasteiger partial charge in [0, 0.05) is 30.5 Å². The van der Waals surface area contributed by atoms with Crippen molar-refractivity contribution in [2.75, 3.05) is 11.9 Å². The second kappa shape index (κ2) is 9.34. The van der Waals surface area contributed by atoms with Gasteiger partial charge in [-0.3, -0.25) is 9.48 Å². The van der Waals surface area contributed by atoms with Crippen LogP contribution in [-0.4, -0.2) is 36.9 Å². The van der Waals surface area contributed by atoms with Gasteiger partial charge in [-0.15, -0.1) is 0 Å². The number of esters is 1. The summed E-state index contributed by atoms with van der Waals surface area (Å²) in [5.41, 5.74) is 1.64. The van der Waals surface area contributed by atoms with Crippen LogP contribution in [0.4, 0.5) is 11.6 Å². The zero-order chi connectivity index (χ0) is 19.9. The summed E-state index contributed by atoms with van der Waals surface area (Å²) in [6.45, 7) is 7.86. The molecule has 8 heteroatoms. The predicted molar refractivity (Wildman–Crippen MR) is 108 cm³/mol. The Bertz CT molecular complexity index is 912. The molecular formula is C20H28N6O2. The predicted octanol–water partition coefficient (Wildman–Crippen LogP) is 3.76. The quantitative estimate of drug-likeness (QED) is 0.536. The number of ether oxygens (including phenoxy) is 1. The third kappa shape index (κ3) is 4.88. The van der Waals surface area contributed by atoms with Gasteiger partial charge in [0.15, 0.2) is 0 Å². The molecule has 0 aliphatic rings. The molecule has 0 saturated carbocycles. The highest BCUT2D eigenvalue weighted by molar-refractivity contribution is 5.76. The minimum absolute atomic E-state index is 0.0832. The molecule has 3 heterocycles. The Labute approximate surface area is 164 Å². The van der Waals surface area contributed by atoms with Gasteiger partial charge in [-0.1, -0.05) is 33.6 Å². The van der Waals surface area contributed by atoms with E-state index in [2.05, 4.69) is 45.0 Å². The first kappa shape index (κ1) is 19.9. The average molecular weight is 384 g/mol. The number of nitrogens with one attached hydrogen (secondary N) is 1. The fourth-order valence-electron chi connectivity index (χ4n) is 3.04. The van der Waals surface area contributed by atoms with Gasteiger partial charge in [0.25, 0.3) is 0 Å². The lowest BCUT2D eigenvalue weighted by Gasteiger charge is -2.14. The number of fused-ring (bicyclic) bond motifs is 1. The number of anilines is 2. The molecule has 0 atom stereocenters. The van der Waals surface area contributed by atoms with Crippen LogP contribution >= 0.6 is 0 Å². The number of nitrogens with zero attached hydrogens (tertiary/aromatic N) is 5. The van der Waals surface area contributed by atoms with Crippen LogP contribution < -0.4 is 5.32 Å². The maximum atomic E-state index is 11.7. The third-order valence-corrected chi connectivity index (χ3v) is 4.76. The molecule has 150 valence electrons. The molecule has 1 N–H and O–H groups in total. The Morgan fingerprint density at radius 1 is 1.25 bits per heavy atom. The summed E-state index contributed by atoms with van der Waals surface area (Å²) in [7, 11) is 0. The van der Waals surface area contributed by atoms with E-state index in [9.17, 15) is 4.79 Å². The van der Waals surface area contributed by atoms with Crippen LogP contribution in [0.25, 0.3) is 11.0 Å². The summed E-state index contributed by atoms with van der Waals surface area (Å²) in [5, 5.41) is 8.36. The van der Waals surface area contributed by atoms with E-state index >= 15 is 0 Å². The van der Waals surface area contributed by atoms with E-state index in [-0.39, 0.29) is 12.5 Å². The van der Waals surface area contributed by atoms with E-state index < -0.39 is 0 Å². The molecule has 0 aliphatic carbocycles. The van der Waals surface area contributed by atoms with Crippen molar-refractivity contribution in [1.29, 1.82) is 0 Å². The van der Waals surface area contributed by atoms with Crippen LogP contribution in [0.3, 0.4) is 0 Å². The average Bonchev–Trinajstić information content (AvgIpc) is 3.31. The fraction of sp³-hybridized carbons (Fsp3) is 0.500. The third-order valence-electron chi connectivity index (χ3n) is 4.76. The summed E-state index contributed by atoms with van der Waals surface area (Å²) in [4.78, 5) is 20.8. The van der Waals surface area contributed by atoms with Gasteiger partial charge in [0.1, 0.15) is 12.2 Å². The molecule has 0 aliphatic heterocycles. The molecule has 8 nitrogen and oxygen atoms in total. The molecule has 3 aromatic heterocycles. The number of hydrogen-bond acceptors (Lipinski definition) is 6. The van der Waals surface area contributed by atoms with Crippen molar-refractivity contribution in [1.82, 2.24) is 24.3 Å². The molecule has 0 unspecified atom stereocenters. The number of rotatable bonds is 10. The minimum Gasteiger partial charge on any atom is -0.464 e. The summed E-state index contributed by atoms with van der Waals surface area (Å²) in [5.74, 6) is 0.839. The molecular weight excluding hydrogens is 356 g/mol. The van der Waals surface area contributed by atoms with Crippen LogP contribution in [0.5, 0.6) is 0 Å². The maximum Gasteiger partial charge on any atom is 0.327 e. The Kier molecular flexibility index (Phi) is 6.62. The normalized spacial score (nSPS) is 11.3. The molecule has 0 radical (unpaired) electrons. The van der Waals surface area contributed by atoms with Gasteiger partial charge in [0.2, 0.25) is 5.95 Å². The SMILES string of the molecule is CCCOC(=O)Cn1cc(Nc2ncc3ccn(CC(CC)CC)c3n2)cn1. The highest BCUT2D eigenvalue weighted by atomic mass is 16.5. The van der Waals surface area contributed by atoms with Crippen molar-refractivity contribution in [3.63, 3.8) is 0 Å². The monoisotopic (exact) mass is 384 g/mol. The van der Waals surface area contributed by atoms with Gasteiger partial charge in [-0.25, -0.2) is 4.98 Å². The van der Waals surface area contributed by atoms with E-state index in [4.69, 9.17) is 4.74 Å². The van der Waals surface area contributed by atoms with E-state index in [1.807, 2.05) is 19.2 Å². The smallest absolute Gasteiger partial charge is 0.327 e. The Balaban J connectivity index is 1.70. The van der Waals surface area contributed by atoms with Crippen molar-refractivity contribution in [3.05, 3.63) is 30.9 Å². The van der Waals surface area contributed by atoms with Gasteiger partial charge in [0.05, 0.1) is 18.5 Å². The molecule has 3 rings (SSSR count). The van der Waals surface area contributed by atoms with Crippen molar-refractivity contribution in [2.45, 2.75) is 53.1 Å². The zero-order valence-corrected chi connectivity index (χ0v) is 16.8. The Hall–Kier alpha value is -2.90. The fourth-order valence-corrected chi connectivity index (χ4v) is 3.04. The Morgan fingerprint density at radius 2 is 2.07 bits per heavy atom. The number of aromatic nitrogens is 5. The molecule has 0 saturated heterocycles. The highest BCUT2D eigenvalue weighted by Crippen LogP contribution is 2.20. The first-order valence-corrected chi connectivity index (χ1v) is 9.89. The minimum atomic E-state index is -0.298. The van der Waals surface area contributed by atoms with Crippen LogP contribution in [0.15, 0.2) is 30.9 Å². The highest BCUT2D eigenvalue weighted by Gasteiger charge is 2.11. The van der Waals surface area contributed by atoms with Crippen molar-refractivity contribution >= 4 is 28.6 Å². The molecule has 3 aromatic rings. The largest absolute Gasteiger partial charge is 0.464 e. The van der Waals surface area contributed by atoms with Crippen LogP contribution in [0, 0.1) is 5.92 Å². The van der Waals surface area contributed by atoms with Crippen LogP contribution in [0.2, 0.25) is 0 Å². The van der Waals surface area contributed by atoms with E-state index in [0.717, 1.165) is 42.5 Å². The first-order valence-electron chi connectivity index (χ1n) is 9.89. The second-order valence-corrected chi connectivity index (χ2v) is 6.90. The molecule has 0 spiro atoms. The molecule has 0 amide bonds. The van der Waals surface area contributed by atoms with Crippen molar-refractivity contribution in [2.24, 2.45) is 5.92 Å². The second-order valence-electron chi connectivity index (χ2n) is 6.90. The Morgan fingerprint density at radius 3 is 2.82 bits per heavy atom. The van der Waals surface area contributed by atoms with E-state index in [1.165, 1.54) is 4.68 Å². The molecule has 0 aromatic carbocycles. The number of carbonyl (C=O) groups is 1. The lowest BCUT2D eigenvalue weighted by molar-refractivity contribution is -0.144.